The van der Waals surface area contributed by atoms with Gasteiger partial charge < -0.3 is 19.9 Å². The number of hydrogen-bond donors (Lipinski definition) is 2. The predicted octanol–water partition coefficient (Wildman–Crippen LogP) is 2.18. The number of carbonyl (C=O) groups excluding carboxylic acids is 1. The highest BCUT2D eigenvalue weighted by Crippen LogP contribution is 2.18. The lowest BCUT2D eigenvalue weighted by atomic mass is 10.1. The largest absolute Gasteiger partial charge is 0.391 e. The van der Waals surface area contributed by atoms with Gasteiger partial charge in [0.15, 0.2) is 0 Å². The number of aromatic nitrogens is 3. The topological polar surface area (TPSA) is 83.3 Å². The Hall–Kier alpha value is -2.41. The van der Waals surface area contributed by atoms with Crippen LogP contribution >= 0.6 is 0 Å². The Morgan fingerprint density at radius 1 is 1.37 bits per heavy atom. The molecule has 1 amide bonds. The van der Waals surface area contributed by atoms with Crippen molar-refractivity contribution in [3.8, 4) is 0 Å². The summed E-state index contributed by atoms with van der Waals surface area (Å²) in [4.78, 5) is 23.1. The minimum Gasteiger partial charge on any atom is -0.391 e. The average molecular weight is 371 g/mol. The third kappa shape index (κ3) is 5.07. The SMILES string of the molecule is CC(C)c1nccn1CCCNC(=O)c1ccc(N2CCCC(O)C2)nc1. The first-order chi connectivity index (χ1) is 13.0. The van der Waals surface area contributed by atoms with Crippen LogP contribution in [0.3, 0.4) is 0 Å². The number of aryl methyl sites for hydroxylation is 1. The summed E-state index contributed by atoms with van der Waals surface area (Å²) in [5, 5.41) is 12.7. The molecule has 2 aromatic rings. The quantitative estimate of drug-likeness (QED) is 0.729. The van der Waals surface area contributed by atoms with Gasteiger partial charge in [-0.3, -0.25) is 4.79 Å². The number of imidazole rings is 1. The second-order valence-electron chi connectivity index (χ2n) is 7.39. The van der Waals surface area contributed by atoms with E-state index in [0.29, 0.717) is 24.6 Å². The van der Waals surface area contributed by atoms with Crippen LogP contribution in [0.25, 0.3) is 0 Å². The normalized spacial score (nSPS) is 17.3. The Morgan fingerprint density at radius 3 is 2.93 bits per heavy atom. The number of nitrogens with one attached hydrogen (secondary N) is 1. The number of β-amino-alcohol motifs (C(OH)–C–C–N with tert-alkyl or cyclic N) is 1. The van der Waals surface area contributed by atoms with Gasteiger partial charge in [-0.15, -0.1) is 0 Å². The van der Waals surface area contributed by atoms with Crippen molar-refractivity contribution < 1.29 is 9.90 Å². The average Bonchev–Trinajstić information content (AvgIpc) is 3.14. The van der Waals surface area contributed by atoms with Gasteiger partial charge in [-0.05, 0) is 31.4 Å². The molecule has 1 aliphatic rings. The van der Waals surface area contributed by atoms with Crippen LogP contribution in [0.2, 0.25) is 0 Å². The van der Waals surface area contributed by atoms with Crippen LogP contribution in [0.4, 0.5) is 5.82 Å². The van der Waals surface area contributed by atoms with Gasteiger partial charge in [0.1, 0.15) is 11.6 Å². The second kappa shape index (κ2) is 8.99. The number of anilines is 1. The molecule has 1 saturated heterocycles. The molecular formula is C20H29N5O2. The fourth-order valence-electron chi connectivity index (χ4n) is 3.43. The molecule has 1 aliphatic heterocycles. The maximum absolute atomic E-state index is 12.3. The van der Waals surface area contributed by atoms with Crippen LogP contribution in [0.5, 0.6) is 0 Å². The standard InChI is InChI=1S/C20H29N5O2/c1-15(2)19-21-9-12-24(19)11-4-8-22-20(27)16-6-7-18(23-13-16)25-10-3-5-17(26)14-25/h6-7,9,12-13,15,17,26H,3-5,8,10-11,14H2,1-2H3,(H,22,27). The highest BCUT2D eigenvalue weighted by atomic mass is 16.3. The van der Waals surface area contributed by atoms with Gasteiger partial charge in [-0.2, -0.15) is 0 Å². The van der Waals surface area contributed by atoms with Gasteiger partial charge in [-0.25, -0.2) is 9.97 Å². The number of aliphatic hydroxyl groups excluding tert-OH is 1. The molecule has 1 fully saturated rings. The first kappa shape index (κ1) is 19.4. The zero-order valence-corrected chi connectivity index (χ0v) is 16.1. The Kier molecular flexibility index (Phi) is 6.45. The van der Waals surface area contributed by atoms with Crippen LogP contribution in [0, 0.1) is 0 Å². The summed E-state index contributed by atoms with van der Waals surface area (Å²) in [5.74, 6) is 2.17. The van der Waals surface area contributed by atoms with Crippen molar-refractivity contribution in [3.63, 3.8) is 0 Å². The molecule has 1 atom stereocenters. The molecule has 0 bridgehead atoms. The second-order valence-corrected chi connectivity index (χ2v) is 7.39. The summed E-state index contributed by atoms with van der Waals surface area (Å²) in [6, 6.07) is 3.65. The fourth-order valence-corrected chi connectivity index (χ4v) is 3.43. The molecule has 7 nitrogen and oxygen atoms in total. The number of nitrogens with zero attached hydrogens (tertiary/aromatic N) is 4. The van der Waals surface area contributed by atoms with E-state index in [1.165, 1.54) is 0 Å². The predicted molar refractivity (Wildman–Crippen MR) is 105 cm³/mol. The number of hydrogen-bond acceptors (Lipinski definition) is 5. The maximum Gasteiger partial charge on any atom is 0.252 e. The maximum atomic E-state index is 12.3. The Labute approximate surface area is 160 Å². The number of amides is 1. The van der Waals surface area contributed by atoms with Gasteiger partial charge >= 0.3 is 0 Å². The minimum absolute atomic E-state index is 0.109. The molecule has 3 rings (SSSR count). The van der Waals surface area contributed by atoms with Crippen LogP contribution in [0.1, 0.15) is 55.2 Å². The molecule has 7 heteroatoms. The lowest BCUT2D eigenvalue weighted by molar-refractivity contribution is 0.0952. The van der Waals surface area contributed by atoms with Gasteiger partial charge in [0.05, 0.1) is 11.7 Å². The van der Waals surface area contributed by atoms with E-state index in [2.05, 4.69) is 38.6 Å². The minimum atomic E-state index is -0.296. The molecule has 146 valence electrons. The molecular weight excluding hydrogens is 342 g/mol. The van der Waals surface area contributed by atoms with Crippen molar-refractivity contribution in [2.45, 2.75) is 51.7 Å². The molecule has 0 saturated carbocycles. The summed E-state index contributed by atoms with van der Waals surface area (Å²) >= 11 is 0. The van der Waals surface area contributed by atoms with Crippen LogP contribution < -0.4 is 10.2 Å². The highest BCUT2D eigenvalue weighted by Gasteiger charge is 2.19. The molecule has 27 heavy (non-hydrogen) atoms. The lowest BCUT2D eigenvalue weighted by Crippen LogP contribution is -2.38. The van der Waals surface area contributed by atoms with Crippen LogP contribution in [-0.4, -0.2) is 51.3 Å². The smallest absolute Gasteiger partial charge is 0.252 e. The van der Waals surface area contributed by atoms with E-state index < -0.39 is 0 Å². The zero-order valence-electron chi connectivity index (χ0n) is 16.1. The Balaban J connectivity index is 1.46. The Morgan fingerprint density at radius 2 is 2.22 bits per heavy atom. The van der Waals surface area contributed by atoms with E-state index in [1.54, 1.807) is 12.3 Å². The van der Waals surface area contributed by atoms with Crippen LogP contribution in [-0.2, 0) is 6.54 Å². The number of rotatable bonds is 7. The van der Waals surface area contributed by atoms with Crippen molar-refractivity contribution >= 4 is 11.7 Å². The summed E-state index contributed by atoms with van der Waals surface area (Å²) in [5.41, 5.74) is 0.557. The monoisotopic (exact) mass is 371 g/mol. The van der Waals surface area contributed by atoms with Crippen molar-refractivity contribution in [1.29, 1.82) is 0 Å². The lowest BCUT2D eigenvalue weighted by Gasteiger charge is -2.30. The third-order valence-corrected chi connectivity index (χ3v) is 4.86. The Bertz CT molecular complexity index is 741. The number of pyridine rings is 1. The van der Waals surface area contributed by atoms with Gasteiger partial charge in [0.25, 0.3) is 5.91 Å². The zero-order chi connectivity index (χ0) is 19.2. The summed E-state index contributed by atoms with van der Waals surface area (Å²) in [7, 11) is 0. The molecule has 0 aliphatic carbocycles. The number of aliphatic hydroxyl groups is 1. The van der Waals surface area contributed by atoms with E-state index in [0.717, 1.165) is 44.0 Å². The van der Waals surface area contributed by atoms with Crippen molar-refractivity contribution in [3.05, 3.63) is 42.1 Å². The first-order valence-electron chi connectivity index (χ1n) is 9.73. The van der Waals surface area contributed by atoms with Gasteiger partial charge in [0, 0.05) is 50.7 Å². The molecule has 0 aromatic carbocycles. The van der Waals surface area contributed by atoms with E-state index >= 15 is 0 Å². The van der Waals surface area contributed by atoms with E-state index in [9.17, 15) is 9.90 Å². The fraction of sp³-hybridized carbons (Fsp3) is 0.550. The van der Waals surface area contributed by atoms with Crippen LogP contribution in [0.15, 0.2) is 30.7 Å². The third-order valence-electron chi connectivity index (χ3n) is 4.86. The summed E-state index contributed by atoms with van der Waals surface area (Å²) < 4.78 is 2.14. The van der Waals surface area contributed by atoms with Crippen molar-refractivity contribution in [2.75, 3.05) is 24.5 Å². The first-order valence-corrected chi connectivity index (χ1v) is 9.73. The van der Waals surface area contributed by atoms with E-state index in [-0.39, 0.29) is 12.0 Å². The summed E-state index contributed by atoms with van der Waals surface area (Å²) in [6.07, 6.45) is 7.77. The molecule has 1 unspecified atom stereocenters. The summed E-state index contributed by atoms with van der Waals surface area (Å²) in [6.45, 7) is 7.19. The molecule has 2 N–H and O–H groups in total. The van der Waals surface area contributed by atoms with Gasteiger partial charge in [0.2, 0.25) is 0 Å². The molecule has 3 heterocycles. The van der Waals surface area contributed by atoms with E-state index in [4.69, 9.17) is 0 Å². The molecule has 2 aromatic heterocycles. The highest BCUT2D eigenvalue weighted by molar-refractivity contribution is 5.94. The molecule has 0 spiro atoms. The molecule has 0 radical (unpaired) electrons. The number of piperidine rings is 1. The van der Waals surface area contributed by atoms with Crippen molar-refractivity contribution in [1.82, 2.24) is 19.9 Å². The van der Waals surface area contributed by atoms with Gasteiger partial charge in [-0.1, -0.05) is 13.8 Å². The van der Waals surface area contributed by atoms with Crippen molar-refractivity contribution in [2.24, 2.45) is 0 Å². The number of carbonyl (C=O) groups is 1. The van der Waals surface area contributed by atoms with E-state index in [1.807, 2.05) is 18.5 Å².